The topological polar surface area (TPSA) is 105 Å². The molecule has 2 saturated carbocycles. The van der Waals surface area contributed by atoms with Gasteiger partial charge in [-0.2, -0.15) is 0 Å². The van der Waals surface area contributed by atoms with Gasteiger partial charge in [0, 0.05) is 25.0 Å². The number of nitrogens with one attached hydrogen (secondary N) is 2. The fourth-order valence-corrected chi connectivity index (χ4v) is 4.18. The van der Waals surface area contributed by atoms with Crippen molar-refractivity contribution in [3.8, 4) is 0 Å². The van der Waals surface area contributed by atoms with Crippen LogP contribution in [0.25, 0.3) is 0 Å². The van der Waals surface area contributed by atoms with Crippen molar-refractivity contribution in [1.82, 2.24) is 10.2 Å². The van der Waals surface area contributed by atoms with E-state index in [0.717, 1.165) is 38.5 Å². The van der Waals surface area contributed by atoms with Gasteiger partial charge in [-0.1, -0.05) is 25.0 Å². The monoisotopic (exact) mass is 413 g/mol. The van der Waals surface area contributed by atoms with Gasteiger partial charge in [-0.15, -0.1) is 0 Å². The number of benzene rings is 1. The van der Waals surface area contributed by atoms with E-state index in [-0.39, 0.29) is 30.3 Å². The second kappa shape index (κ2) is 8.85. The molecule has 0 unspecified atom stereocenters. The van der Waals surface area contributed by atoms with Gasteiger partial charge in [0.1, 0.15) is 0 Å². The Morgan fingerprint density at radius 1 is 1.07 bits per heavy atom. The number of esters is 1. The van der Waals surface area contributed by atoms with Crippen molar-refractivity contribution in [2.24, 2.45) is 5.92 Å². The van der Waals surface area contributed by atoms with Crippen LogP contribution in [-0.2, 0) is 19.1 Å². The molecule has 8 heteroatoms. The Hall–Kier alpha value is -2.90. The molecule has 1 atom stereocenters. The van der Waals surface area contributed by atoms with Crippen LogP contribution in [0.5, 0.6) is 0 Å². The molecule has 0 aromatic heterocycles. The van der Waals surface area contributed by atoms with Gasteiger partial charge in [-0.25, -0.2) is 0 Å². The van der Waals surface area contributed by atoms with E-state index in [1.54, 1.807) is 29.2 Å². The maximum Gasteiger partial charge on any atom is 0.311 e. The number of hydrogen-bond donors (Lipinski definition) is 2. The summed E-state index contributed by atoms with van der Waals surface area (Å²) in [6, 6.07) is 7.16. The molecular weight excluding hydrogens is 386 g/mol. The zero-order valence-electron chi connectivity index (χ0n) is 16.9. The van der Waals surface area contributed by atoms with E-state index < -0.39 is 24.4 Å². The lowest BCUT2D eigenvalue weighted by atomic mass is 10.1. The van der Waals surface area contributed by atoms with E-state index in [0.29, 0.717) is 17.8 Å². The van der Waals surface area contributed by atoms with E-state index >= 15 is 0 Å². The lowest BCUT2D eigenvalue weighted by Crippen LogP contribution is -2.35. The van der Waals surface area contributed by atoms with Gasteiger partial charge >= 0.3 is 5.97 Å². The minimum absolute atomic E-state index is 0.0103. The van der Waals surface area contributed by atoms with Gasteiger partial charge in [0.15, 0.2) is 6.61 Å². The van der Waals surface area contributed by atoms with E-state index in [2.05, 4.69) is 10.6 Å². The average Bonchev–Trinajstić information content (AvgIpc) is 3.22. The fraction of sp³-hybridized carbons (Fsp3) is 0.545. The summed E-state index contributed by atoms with van der Waals surface area (Å²) >= 11 is 0. The van der Waals surface area contributed by atoms with E-state index in [1.807, 2.05) is 0 Å². The van der Waals surface area contributed by atoms with Crippen LogP contribution in [0.3, 0.4) is 0 Å². The first kappa shape index (κ1) is 20.4. The van der Waals surface area contributed by atoms with Crippen molar-refractivity contribution in [2.45, 2.75) is 57.0 Å². The molecule has 30 heavy (non-hydrogen) atoms. The molecule has 2 aliphatic carbocycles. The number of likely N-dealkylation sites (tertiary alicyclic amines) is 1. The van der Waals surface area contributed by atoms with Crippen LogP contribution in [-0.4, -0.2) is 53.8 Å². The summed E-state index contributed by atoms with van der Waals surface area (Å²) < 4.78 is 5.16. The smallest absolute Gasteiger partial charge is 0.311 e. The zero-order chi connectivity index (χ0) is 21.1. The number of amides is 3. The van der Waals surface area contributed by atoms with Crippen LogP contribution < -0.4 is 10.6 Å². The van der Waals surface area contributed by atoms with Gasteiger partial charge < -0.3 is 20.3 Å². The fourth-order valence-electron chi connectivity index (χ4n) is 4.18. The Morgan fingerprint density at radius 3 is 2.53 bits per heavy atom. The first-order valence-electron chi connectivity index (χ1n) is 10.7. The summed E-state index contributed by atoms with van der Waals surface area (Å²) in [7, 11) is 0. The Bertz CT molecular complexity index is 845. The van der Waals surface area contributed by atoms with Crippen LogP contribution in [0.2, 0.25) is 0 Å². The van der Waals surface area contributed by atoms with Crippen molar-refractivity contribution in [1.29, 1.82) is 0 Å². The van der Waals surface area contributed by atoms with Crippen molar-refractivity contribution in [3.05, 3.63) is 29.8 Å². The van der Waals surface area contributed by atoms with Crippen molar-refractivity contribution < 1.29 is 23.9 Å². The predicted octanol–water partition coefficient (Wildman–Crippen LogP) is 1.85. The molecule has 2 N–H and O–H groups in total. The third-order valence-corrected chi connectivity index (χ3v) is 5.96. The summed E-state index contributed by atoms with van der Waals surface area (Å²) in [6.07, 6.45) is 6.29. The molecule has 1 heterocycles. The highest BCUT2D eigenvalue weighted by Crippen LogP contribution is 2.30. The molecule has 0 spiro atoms. The highest BCUT2D eigenvalue weighted by atomic mass is 16.5. The molecule has 0 bridgehead atoms. The van der Waals surface area contributed by atoms with Crippen LogP contribution in [0.15, 0.2) is 24.3 Å². The summed E-state index contributed by atoms with van der Waals surface area (Å²) in [4.78, 5) is 51.0. The van der Waals surface area contributed by atoms with Gasteiger partial charge in [-0.05, 0) is 37.8 Å². The maximum atomic E-state index is 12.4. The molecule has 4 rings (SSSR count). The highest BCUT2D eigenvalue weighted by molar-refractivity contribution is 6.04. The Balaban J connectivity index is 1.27. The average molecular weight is 413 g/mol. The normalized spacial score (nSPS) is 21.5. The number of ether oxygens (including phenoxy) is 1. The Kier molecular flexibility index (Phi) is 6.01. The standard InChI is InChI=1S/C22H27N3O5/c26-19(24-18-8-4-3-7-17(18)21(28)23-15-9-10-15)13-30-22(29)14-11-20(27)25(12-14)16-5-1-2-6-16/h3-4,7-8,14-16H,1-2,5-6,9-13H2,(H,23,28)(H,24,26)/t14-/m0/s1. The number of carbonyl (C=O) groups excluding carboxylic acids is 4. The first-order chi connectivity index (χ1) is 14.5. The first-order valence-corrected chi connectivity index (χ1v) is 10.7. The third-order valence-electron chi connectivity index (χ3n) is 5.96. The molecule has 0 radical (unpaired) electrons. The number of hydrogen-bond acceptors (Lipinski definition) is 5. The van der Waals surface area contributed by atoms with E-state index in [4.69, 9.17) is 4.74 Å². The van der Waals surface area contributed by atoms with E-state index in [1.165, 1.54) is 0 Å². The van der Waals surface area contributed by atoms with Crippen molar-refractivity contribution >= 4 is 29.4 Å². The third kappa shape index (κ3) is 4.80. The number of para-hydroxylation sites is 1. The number of anilines is 1. The minimum atomic E-state index is -0.529. The second-order valence-electron chi connectivity index (χ2n) is 8.33. The van der Waals surface area contributed by atoms with Gasteiger partial charge in [0.25, 0.3) is 11.8 Å². The largest absolute Gasteiger partial charge is 0.455 e. The molecule has 8 nitrogen and oxygen atoms in total. The molecule has 1 aliphatic heterocycles. The minimum Gasteiger partial charge on any atom is -0.455 e. The Labute approximate surface area is 175 Å². The second-order valence-corrected chi connectivity index (χ2v) is 8.33. The molecule has 1 aromatic carbocycles. The van der Waals surface area contributed by atoms with Gasteiger partial charge in [-0.3, -0.25) is 19.2 Å². The molecular formula is C22H27N3O5. The number of nitrogens with zero attached hydrogens (tertiary/aromatic N) is 1. The van der Waals surface area contributed by atoms with Gasteiger partial charge in [0.05, 0.1) is 17.2 Å². The molecule has 1 aromatic rings. The van der Waals surface area contributed by atoms with Gasteiger partial charge in [0.2, 0.25) is 5.91 Å². The predicted molar refractivity (Wildman–Crippen MR) is 109 cm³/mol. The lowest BCUT2D eigenvalue weighted by molar-refractivity contribution is -0.151. The van der Waals surface area contributed by atoms with Crippen LogP contribution >= 0.6 is 0 Å². The van der Waals surface area contributed by atoms with Crippen LogP contribution in [0, 0.1) is 5.92 Å². The molecule has 3 aliphatic rings. The lowest BCUT2D eigenvalue weighted by Gasteiger charge is -2.23. The van der Waals surface area contributed by atoms with Crippen LogP contribution in [0.4, 0.5) is 5.69 Å². The summed E-state index contributed by atoms with van der Waals surface area (Å²) in [5, 5.41) is 5.53. The highest BCUT2D eigenvalue weighted by Gasteiger charge is 2.39. The van der Waals surface area contributed by atoms with Crippen LogP contribution in [0.1, 0.15) is 55.3 Å². The quantitative estimate of drug-likeness (QED) is 0.664. The number of rotatable bonds is 7. The Morgan fingerprint density at radius 2 is 1.80 bits per heavy atom. The summed E-state index contributed by atoms with van der Waals surface area (Å²) in [5.74, 6) is -1.82. The zero-order valence-corrected chi connectivity index (χ0v) is 16.9. The number of carbonyl (C=O) groups is 4. The van der Waals surface area contributed by atoms with E-state index in [9.17, 15) is 19.2 Å². The van der Waals surface area contributed by atoms with Crippen molar-refractivity contribution in [2.75, 3.05) is 18.5 Å². The molecule has 1 saturated heterocycles. The SMILES string of the molecule is O=C(COC(=O)[C@H]1CC(=O)N(C2CCCC2)C1)Nc1ccccc1C(=O)NC1CC1. The molecule has 3 amide bonds. The molecule has 160 valence electrons. The summed E-state index contributed by atoms with van der Waals surface area (Å²) in [5.41, 5.74) is 0.748. The summed E-state index contributed by atoms with van der Waals surface area (Å²) in [6.45, 7) is -0.0837. The molecule has 3 fully saturated rings. The maximum absolute atomic E-state index is 12.4. The van der Waals surface area contributed by atoms with Crippen molar-refractivity contribution in [3.63, 3.8) is 0 Å².